The highest BCUT2D eigenvalue weighted by Gasteiger charge is 2.33. The molecule has 132 valence electrons. The van der Waals surface area contributed by atoms with Crippen LogP contribution < -0.4 is 15.0 Å². The standard InChI is InChI=1S/C17H20N4O4/c1-10-15(23)21(12-7-5-6-8-13(12)24-10)9-14-18-16(20-25-14)17(3,4)19-11(2)22/h5-8,10H,9H2,1-4H3,(H,19,22). The maximum absolute atomic E-state index is 12.5. The number of benzene rings is 1. The summed E-state index contributed by atoms with van der Waals surface area (Å²) in [6.45, 7) is 6.81. The Balaban J connectivity index is 1.86. The highest BCUT2D eigenvalue weighted by atomic mass is 16.5. The largest absolute Gasteiger partial charge is 0.479 e. The number of carbonyl (C=O) groups is 2. The van der Waals surface area contributed by atoms with E-state index in [0.29, 0.717) is 17.3 Å². The SMILES string of the molecule is CC(=O)NC(C)(C)c1noc(CN2C(=O)C(C)Oc3ccccc32)n1. The minimum Gasteiger partial charge on any atom is -0.479 e. The molecule has 1 aromatic heterocycles. The lowest BCUT2D eigenvalue weighted by molar-refractivity contribution is -0.125. The molecule has 8 nitrogen and oxygen atoms in total. The lowest BCUT2D eigenvalue weighted by Gasteiger charge is -2.31. The Labute approximate surface area is 145 Å². The van der Waals surface area contributed by atoms with Crippen LogP contribution in [-0.4, -0.2) is 28.1 Å². The quantitative estimate of drug-likeness (QED) is 0.907. The molecule has 1 atom stereocenters. The highest BCUT2D eigenvalue weighted by Crippen LogP contribution is 2.34. The lowest BCUT2D eigenvalue weighted by Crippen LogP contribution is -2.44. The molecule has 0 saturated heterocycles. The summed E-state index contributed by atoms with van der Waals surface area (Å²) >= 11 is 0. The van der Waals surface area contributed by atoms with Gasteiger partial charge >= 0.3 is 0 Å². The monoisotopic (exact) mass is 344 g/mol. The molecule has 25 heavy (non-hydrogen) atoms. The maximum Gasteiger partial charge on any atom is 0.268 e. The van der Waals surface area contributed by atoms with Crippen molar-refractivity contribution in [3.05, 3.63) is 36.0 Å². The van der Waals surface area contributed by atoms with Crippen LogP contribution in [0, 0.1) is 0 Å². The van der Waals surface area contributed by atoms with Crippen LogP contribution in [0.25, 0.3) is 0 Å². The maximum atomic E-state index is 12.5. The molecule has 0 radical (unpaired) electrons. The van der Waals surface area contributed by atoms with Crippen LogP contribution in [0.15, 0.2) is 28.8 Å². The van der Waals surface area contributed by atoms with Gasteiger partial charge < -0.3 is 14.6 Å². The minimum atomic E-state index is -0.770. The van der Waals surface area contributed by atoms with Crippen LogP contribution in [0.4, 0.5) is 5.69 Å². The van der Waals surface area contributed by atoms with E-state index in [1.165, 1.54) is 6.92 Å². The van der Waals surface area contributed by atoms with Crippen LogP contribution in [-0.2, 0) is 21.7 Å². The number of fused-ring (bicyclic) bond motifs is 1. The summed E-state index contributed by atoms with van der Waals surface area (Å²) in [6, 6.07) is 7.29. The number of para-hydroxylation sites is 2. The van der Waals surface area contributed by atoms with E-state index in [1.807, 2.05) is 18.2 Å². The third-order valence-electron chi connectivity index (χ3n) is 3.88. The van der Waals surface area contributed by atoms with Gasteiger partial charge in [-0.2, -0.15) is 4.98 Å². The fourth-order valence-corrected chi connectivity index (χ4v) is 2.73. The van der Waals surface area contributed by atoms with Gasteiger partial charge in [0.1, 0.15) is 12.3 Å². The second kappa shape index (κ2) is 6.19. The number of nitrogens with one attached hydrogen (secondary N) is 1. The fourth-order valence-electron chi connectivity index (χ4n) is 2.73. The summed E-state index contributed by atoms with van der Waals surface area (Å²) in [4.78, 5) is 29.7. The van der Waals surface area contributed by atoms with Crippen molar-refractivity contribution in [2.45, 2.75) is 45.9 Å². The normalized spacial score (nSPS) is 17.0. The number of aromatic nitrogens is 2. The molecule has 1 aromatic carbocycles. The molecule has 8 heteroatoms. The van der Waals surface area contributed by atoms with Gasteiger partial charge in [0.2, 0.25) is 11.8 Å². The van der Waals surface area contributed by atoms with Gasteiger partial charge in [0.15, 0.2) is 11.9 Å². The van der Waals surface area contributed by atoms with Crippen molar-refractivity contribution in [3.8, 4) is 5.75 Å². The molecule has 1 N–H and O–H groups in total. The first-order valence-electron chi connectivity index (χ1n) is 7.97. The smallest absolute Gasteiger partial charge is 0.268 e. The molecule has 1 unspecified atom stereocenters. The Kier molecular flexibility index (Phi) is 4.20. The summed E-state index contributed by atoms with van der Waals surface area (Å²) in [5, 5.41) is 6.70. The van der Waals surface area contributed by atoms with Gasteiger partial charge in [-0.1, -0.05) is 17.3 Å². The molecular weight excluding hydrogens is 324 g/mol. The predicted molar refractivity (Wildman–Crippen MR) is 88.9 cm³/mol. The molecule has 0 spiro atoms. The van der Waals surface area contributed by atoms with Gasteiger partial charge in [0.25, 0.3) is 5.91 Å². The summed E-state index contributed by atoms with van der Waals surface area (Å²) in [7, 11) is 0. The first kappa shape index (κ1) is 16.9. The zero-order chi connectivity index (χ0) is 18.2. The minimum absolute atomic E-state index is 0.132. The lowest BCUT2D eigenvalue weighted by atomic mass is 10.1. The zero-order valence-electron chi connectivity index (χ0n) is 14.6. The molecule has 0 saturated carbocycles. The number of ether oxygens (including phenoxy) is 1. The van der Waals surface area contributed by atoms with Crippen LogP contribution in [0.1, 0.15) is 39.4 Å². The summed E-state index contributed by atoms with van der Waals surface area (Å²) in [5.74, 6) is 0.889. The Bertz CT molecular complexity index is 814. The van der Waals surface area contributed by atoms with Crippen molar-refractivity contribution in [2.24, 2.45) is 0 Å². The van der Waals surface area contributed by atoms with Crippen molar-refractivity contribution in [1.29, 1.82) is 0 Å². The molecule has 3 rings (SSSR count). The second-order valence-electron chi connectivity index (χ2n) is 6.47. The van der Waals surface area contributed by atoms with Gasteiger partial charge in [-0.3, -0.25) is 14.5 Å². The van der Waals surface area contributed by atoms with E-state index in [4.69, 9.17) is 9.26 Å². The van der Waals surface area contributed by atoms with Crippen LogP contribution in [0.2, 0.25) is 0 Å². The Morgan fingerprint density at radius 1 is 1.36 bits per heavy atom. The van der Waals surface area contributed by atoms with Gasteiger partial charge in [0, 0.05) is 6.92 Å². The summed E-state index contributed by atoms with van der Waals surface area (Å²) < 4.78 is 10.9. The van der Waals surface area contributed by atoms with E-state index < -0.39 is 11.6 Å². The Morgan fingerprint density at radius 2 is 2.08 bits per heavy atom. The van der Waals surface area contributed by atoms with Crippen LogP contribution in [0.5, 0.6) is 5.75 Å². The molecular formula is C17H20N4O4. The van der Waals surface area contributed by atoms with Crippen molar-refractivity contribution in [2.75, 3.05) is 4.90 Å². The molecule has 2 amide bonds. The van der Waals surface area contributed by atoms with Crippen molar-refractivity contribution in [1.82, 2.24) is 15.5 Å². The van der Waals surface area contributed by atoms with Crippen LogP contribution in [0.3, 0.4) is 0 Å². The molecule has 0 aliphatic carbocycles. The van der Waals surface area contributed by atoms with E-state index >= 15 is 0 Å². The molecule has 2 aromatic rings. The Hall–Kier alpha value is -2.90. The van der Waals surface area contributed by atoms with E-state index in [2.05, 4.69) is 15.5 Å². The number of amides is 2. The third-order valence-corrected chi connectivity index (χ3v) is 3.88. The number of nitrogens with zero attached hydrogens (tertiary/aromatic N) is 3. The Morgan fingerprint density at radius 3 is 2.80 bits per heavy atom. The average Bonchev–Trinajstić information content (AvgIpc) is 3.00. The third kappa shape index (κ3) is 3.33. The summed E-state index contributed by atoms with van der Waals surface area (Å²) in [5.41, 5.74) is -0.111. The molecule has 0 bridgehead atoms. The molecule has 2 heterocycles. The van der Waals surface area contributed by atoms with E-state index in [1.54, 1.807) is 31.7 Å². The van der Waals surface area contributed by atoms with Crippen LogP contribution >= 0.6 is 0 Å². The van der Waals surface area contributed by atoms with E-state index in [0.717, 1.165) is 0 Å². The summed E-state index contributed by atoms with van der Waals surface area (Å²) in [6.07, 6.45) is -0.590. The number of carbonyl (C=O) groups excluding carboxylic acids is 2. The first-order chi connectivity index (χ1) is 11.8. The van der Waals surface area contributed by atoms with Gasteiger partial charge in [-0.15, -0.1) is 0 Å². The van der Waals surface area contributed by atoms with Crippen molar-refractivity contribution >= 4 is 17.5 Å². The van der Waals surface area contributed by atoms with Crippen molar-refractivity contribution < 1.29 is 18.8 Å². The van der Waals surface area contributed by atoms with E-state index in [9.17, 15) is 9.59 Å². The van der Waals surface area contributed by atoms with Gasteiger partial charge in [-0.25, -0.2) is 0 Å². The van der Waals surface area contributed by atoms with Gasteiger partial charge in [0.05, 0.1) is 11.2 Å². The number of anilines is 1. The number of hydrogen-bond donors (Lipinski definition) is 1. The molecule has 1 aliphatic heterocycles. The van der Waals surface area contributed by atoms with E-state index in [-0.39, 0.29) is 24.2 Å². The predicted octanol–water partition coefficient (Wildman–Crippen LogP) is 1.75. The number of rotatable bonds is 4. The zero-order valence-corrected chi connectivity index (χ0v) is 14.6. The first-order valence-corrected chi connectivity index (χ1v) is 7.97. The fraction of sp³-hybridized carbons (Fsp3) is 0.412. The van der Waals surface area contributed by atoms with Gasteiger partial charge in [-0.05, 0) is 32.9 Å². The average molecular weight is 344 g/mol. The molecule has 1 aliphatic rings. The number of hydrogen-bond acceptors (Lipinski definition) is 6. The molecule has 0 fully saturated rings. The van der Waals surface area contributed by atoms with Crippen molar-refractivity contribution in [3.63, 3.8) is 0 Å². The topological polar surface area (TPSA) is 97.6 Å². The second-order valence-corrected chi connectivity index (χ2v) is 6.47. The highest BCUT2D eigenvalue weighted by molar-refractivity contribution is 5.99.